The average Bonchev–Trinajstić information content (AvgIpc) is 3.50. The lowest BCUT2D eigenvalue weighted by atomic mass is 10.1. The molecule has 0 bridgehead atoms. The summed E-state index contributed by atoms with van der Waals surface area (Å²) in [5.74, 6) is 4.03. The van der Waals surface area contributed by atoms with E-state index in [1.165, 1.54) is 11.3 Å². The van der Waals surface area contributed by atoms with Crippen molar-refractivity contribution >= 4 is 46.2 Å². The lowest BCUT2D eigenvalue weighted by molar-refractivity contribution is -0.151. The van der Waals surface area contributed by atoms with E-state index < -0.39 is 23.9 Å². The Labute approximate surface area is 223 Å². The SMILES string of the molecule is CCC(C)OC(=O)C(CCC(=O)O)NC(=O)c1ccc(C#CCCCCc2cc3c(=O)[nH]c(N)nc3[nH]2)s1. The van der Waals surface area contributed by atoms with E-state index in [1.807, 2.05) is 6.92 Å². The van der Waals surface area contributed by atoms with Crippen molar-refractivity contribution in [1.29, 1.82) is 0 Å². The normalized spacial score (nSPS) is 12.4. The van der Waals surface area contributed by atoms with Crippen LogP contribution >= 0.6 is 11.3 Å². The molecule has 3 heterocycles. The summed E-state index contributed by atoms with van der Waals surface area (Å²) in [4.78, 5) is 58.7. The number of aromatic nitrogens is 3. The number of unbranched alkanes of at least 4 members (excludes halogenated alkanes) is 2. The van der Waals surface area contributed by atoms with Gasteiger partial charge in [-0.2, -0.15) is 4.98 Å². The quantitative estimate of drug-likeness (QED) is 0.132. The number of carboxylic acids is 1. The van der Waals surface area contributed by atoms with Gasteiger partial charge in [0.2, 0.25) is 5.95 Å². The summed E-state index contributed by atoms with van der Waals surface area (Å²) >= 11 is 1.19. The molecule has 12 heteroatoms. The number of carbonyl (C=O) groups is 3. The number of fused-ring (bicyclic) bond motifs is 1. The van der Waals surface area contributed by atoms with Crippen LogP contribution < -0.4 is 16.6 Å². The molecular formula is C26H31N5O6S. The Bertz CT molecular complexity index is 1410. The van der Waals surface area contributed by atoms with Gasteiger partial charge in [0.15, 0.2) is 0 Å². The Morgan fingerprint density at radius 3 is 2.79 bits per heavy atom. The number of H-pyrrole nitrogens is 2. The summed E-state index contributed by atoms with van der Waals surface area (Å²) in [7, 11) is 0. The van der Waals surface area contributed by atoms with Gasteiger partial charge in [-0.15, -0.1) is 11.3 Å². The maximum absolute atomic E-state index is 12.7. The van der Waals surface area contributed by atoms with Gasteiger partial charge >= 0.3 is 11.9 Å². The van der Waals surface area contributed by atoms with E-state index in [1.54, 1.807) is 25.1 Å². The van der Waals surface area contributed by atoms with Crippen LogP contribution in [0.2, 0.25) is 0 Å². The Balaban J connectivity index is 1.49. The molecule has 1 amide bonds. The molecule has 3 aromatic heterocycles. The number of amides is 1. The van der Waals surface area contributed by atoms with Crippen LogP contribution in [0.25, 0.3) is 11.0 Å². The molecule has 0 aliphatic rings. The van der Waals surface area contributed by atoms with Crippen LogP contribution in [0.5, 0.6) is 0 Å². The molecule has 0 aromatic carbocycles. The number of rotatable bonds is 12. The third-order valence-electron chi connectivity index (χ3n) is 5.74. The van der Waals surface area contributed by atoms with Crippen LogP contribution in [-0.4, -0.2) is 50.1 Å². The molecule has 2 unspecified atom stereocenters. The molecule has 0 aliphatic heterocycles. The minimum atomic E-state index is -1.06. The fourth-order valence-electron chi connectivity index (χ4n) is 3.54. The van der Waals surface area contributed by atoms with Crippen molar-refractivity contribution in [1.82, 2.24) is 20.3 Å². The van der Waals surface area contributed by atoms with Crippen LogP contribution in [0.15, 0.2) is 23.0 Å². The Morgan fingerprint density at radius 2 is 2.05 bits per heavy atom. The molecule has 202 valence electrons. The predicted octanol–water partition coefficient (Wildman–Crippen LogP) is 2.96. The Kier molecular flexibility index (Phi) is 10.1. The smallest absolute Gasteiger partial charge is 0.328 e. The van der Waals surface area contributed by atoms with Crippen molar-refractivity contribution in [3.63, 3.8) is 0 Å². The summed E-state index contributed by atoms with van der Waals surface area (Å²) < 4.78 is 5.28. The molecule has 3 rings (SSSR count). The van der Waals surface area contributed by atoms with Crippen molar-refractivity contribution in [2.24, 2.45) is 0 Å². The van der Waals surface area contributed by atoms with Gasteiger partial charge in [-0.05, 0) is 57.2 Å². The van der Waals surface area contributed by atoms with E-state index in [9.17, 15) is 19.2 Å². The molecule has 11 nitrogen and oxygen atoms in total. The number of nitrogens with zero attached hydrogens (tertiary/aromatic N) is 1. The number of hydrogen-bond acceptors (Lipinski definition) is 8. The maximum atomic E-state index is 12.7. The van der Waals surface area contributed by atoms with Gasteiger partial charge in [-0.3, -0.25) is 19.4 Å². The average molecular weight is 542 g/mol. The topological polar surface area (TPSA) is 180 Å². The third-order valence-corrected chi connectivity index (χ3v) is 6.74. The van der Waals surface area contributed by atoms with Crippen LogP contribution in [0.1, 0.15) is 72.6 Å². The molecule has 0 fully saturated rings. The highest BCUT2D eigenvalue weighted by Crippen LogP contribution is 2.17. The highest BCUT2D eigenvalue weighted by atomic mass is 32.1. The number of esters is 1. The van der Waals surface area contributed by atoms with E-state index in [2.05, 4.69) is 32.1 Å². The molecule has 0 radical (unpaired) electrons. The number of anilines is 1. The number of aryl methyl sites for hydroxylation is 1. The highest BCUT2D eigenvalue weighted by molar-refractivity contribution is 7.14. The van der Waals surface area contributed by atoms with E-state index in [-0.39, 0.29) is 30.5 Å². The number of aromatic amines is 2. The summed E-state index contributed by atoms with van der Waals surface area (Å²) in [5.41, 5.74) is 6.67. The largest absolute Gasteiger partial charge is 0.481 e. The molecule has 6 N–H and O–H groups in total. The number of aliphatic carboxylic acids is 1. The number of thiophene rings is 1. The fraction of sp³-hybridized carbons (Fsp3) is 0.423. The van der Waals surface area contributed by atoms with Gasteiger partial charge in [0.05, 0.1) is 21.2 Å². The second kappa shape index (κ2) is 13.4. The van der Waals surface area contributed by atoms with E-state index >= 15 is 0 Å². The Morgan fingerprint density at radius 1 is 1.26 bits per heavy atom. The Hall–Kier alpha value is -4.11. The molecule has 2 atom stereocenters. The van der Waals surface area contributed by atoms with Crippen LogP contribution in [0, 0.1) is 11.8 Å². The molecular weight excluding hydrogens is 510 g/mol. The number of hydrogen-bond donors (Lipinski definition) is 5. The van der Waals surface area contributed by atoms with Crippen molar-refractivity contribution < 1.29 is 24.2 Å². The minimum Gasteiger partial charge on any atom is -0.481 e. The monoisotopic (exact) mass is 541 g/mol. The van der Waals surface area contributed by atoms with Gasteiger partial charge in [-0.25, -0.2) is 4.79 Å². The molecule has 0 saturated heterocycles. The summed E-state index contributed by atoms with van der Waals surface area (Å²) in [6.07, 6.45) is 3.04. The number of nitrogens with one attached hydrogen (secondary N) is 3. The lowest BCUT2D eigenvalue weighted by Crippen LogP contribution is -2.42. The first-order valence-corrected chi connectivity index (χ1v) is 13.2. The first-order chi connectivity index (χ1) is 18.2. The van der Waals surface area contributed by atoms with Crippen LogP contribution in [0.3, 0.4) is 0 Å². The highest BCUT2D eigenvalue weighted by Gasteiger charge is 2.25. The van der Waals surface area contributed by atoms with E-state index in [0.29, 0.717) is 33.6 Å². The van der Waals surface area contributed by atoms with Crippen molar-refractivity contribution in [2.45, 2.75) is 70.9 Å². The lowest BCUT2D eigenvalue weighted by Gasteiger charge is -2.19. The first-order valence-electron chi connectivity index (χ1n) is 12.4. The van der Waals surface area contributed by atoms with Crippen molar-refractivity contribution in [2.75, 3.05) is 5.73 Å². The zero-order chi connectivity index (χ0) is 27.7. The molecule has 0 saturated carbocycles. The van der Waals surface area contributed by atoms with Crippen LogP contribution in [0.4, 0.5) is 5.95 Å². The summed E-state index contributed by atoms with van der Waals surface area (Å²) in [6, 6.07) is 4.09. The van der Waals surface area contributed by atoms with Gasteiger partial charge < -0.3 is 25.9 Å². The standard InChI is InChI=1S/C26H31N5O6S/c1-3-15(2)37-25(36)19(11-13-21(32)33)29-24(35)20-12-10-17(38-20)9-7-5-4-6-8-16-14-18-22(28-16)30-26(27)31-23(18)34/h10,12,14-15,19H,3-6,8,11,13H2,1-2H3,(H,29,35)(H,32,33)(H4,27,28,30,31,34). The van der Waals surface area contributed by atoms with E-state index in [0.717, 1.165) is 25.0 Å². The second-order valence-corrected chi connectivity index (χ2v) is 9.88. The first kappa shape index (κ1) is 28.5. The van der Waals surface area contributed by atoms with Crippen molar-refractivity contribution in [3.8, 4) is 11.8 Å². The van der Waals surface area contributed by atoms with Gasteiger partial charge in [0.1, 0.15) is 11.7 Å². The number of nitrogen functional groups attached to an aromatic ring is 1. The summed E-state index contributed by atoms with van der Waals surface area (Å²) in [6.45, 7) is 3.59. The molecule has 38 heavy (non-hydrogen) atoms. The fourth-order valence-corrected chi connectivity index (χ4v) is 4.33. The second-order valence-electron chi connectivity index (χ2n) is 8.80. The van der Waals surface area contributed by atoms with Gasteiger partial charge in [-0.1, -0.05) is 18.8 Å². The van der Waals surface area contributed by atoms with E-state index in [4.69, 9.17) is 15.6 Å². The molecule has 3 aromatic rings. The van der Waals surface area contributed by atoms with Crippen molar-refractivity contribution in [3.05, 3.63) is 44.0 Å². The number of ether oxygens (including phenoxy) is 1. The molecule has 0 aliphatic carbocycles. The van der Waals surface area contributed by atoms with Gasteiger partial charge in [0, 0.05) is 18.5 Å². The number of nitrogens with two attached hydrogens (primary N) is 1. The summed E-state index contributed by atoms with van der Waals surface area (Å²) in [5, 5.41) is 12.0. The van der Waals surface area contributed by atoms with Gasteiger partial charge in [0.25, 0.3) is 11.5 Å². The number of carbonyl (C=O) groups excluding carboxylic acids is 2. The zero-order valence-corrected chi connectivity index (χ0v) is 22.1. The van der Waals surface area contributed by atoms with Crippen LogP contribution in [-0.2, 0) is 20.7 Å². The predicted molar refractivity (Wildman–Crippen MR) is 144 cm³/mol. The maximum Gasteiger partial charge on any atom is 0.328 e. The zero-order valence-electron chi connectivity index (χ0n) is 21.3. The molecule has 0 spiro atoms. The number of carboxylic acid groups (broad SMARTS) is 1. The minimum absolute atomic E-state index is 0.0616. The third kappa shape index (κ3) is 8.21.